The molecule has 0 aromatic rings. The van der Waals surface area contributed by atoms with E-state index in [2.05, 4.69) is 15.3 Å². The monoisotopic (exact) mass is 345 g/mol. The second-order valence-corrected chi connectivity index (χ2v) is 6.80. The summed E-state index contributed by atoms with van der Waals surface area (Å²) in [4.78, 5) is 18.1. The molecule has 0 saturated carbocycles. The molecule has 1 saturated heterocycles. The van der Waals surface area contributed by atoms with E-state index in [1.165, 1.54) is 13.2 Å². The normalized spacial score (nSPS) is 19.0. The van der Waals surface area contributed by atoms with Crippen LogP contribution in [0.4, 0.5) is 9.18 Å². The Morgan fingerprint density at radius 3 is 2.46 bits per heavy atom. The van der Waals surface area contributed by atoms with Crippen LogP contribution in [0.5, 0.6) is 0 Å². The number of aliphatic hydroxyl groups is 1. The van der Waals surface area contributed by atoms with Crippen molar-refractivity contribution < 1.29 is 23.9 Å². The van der Waals surface area contributed by atoms with Gasteiger partial charge in [-0.25, -0.2) is 9.18 Å². The van der Waals surface area contributed by atoms with Crippen LogP contribution < -0.4 is 5.32 Å². The number of hydrogen-bond donors (Lipinski definition) is 2. The van der Waals surface area contributed by atoms with Crippen molar-refractivity contribution in [3.8, 4) is 0 Å². The molecule has 1 aliphatic rings. The van der Waals surface area contributed by atoms with Crippen molar-refractivity contribution in [2.24, 2.45) is 5.16 Å². The van der Waals surface area contributed by atoms with Crippen molar-refractivity contribution in [2.75, 3.05) is 26.7 Å². The second kappa shape index (κ2) is 8.32. The molecule has 0 aromatic carbocycles. The number of carbonyl (C=O) groups is 1. The quantitative estimate of drug-likeness (QED) is 0.463. The standard InChI is InChI=1S/C16H28FN3O4/c1-6-12(17)13(19-23-5)20-9-7-16(22,8-10-20)11-18-14(21)24-15(2,3)4/h6,22H,7-11H2,1-5H3,(H,18,21)/b12-6+,19-13+. The van der Waals surface area contributed by atoms with Crippen molar-refractivity contribution in [1.82, 2.24) is 10.2 Å². The van der Waals surface area contributed by atoms with Crippen LogP contribution in [0.15, 0.2) is 17.1 Å². The highest BCUT2D eigenvalue weighted by Gasteiger charge is 2.35. The fourth-order valence-electron chi connectivity index (χ4n) is 2.33. The lowest BCUT2D eigenvalue weighted by molar-refractivity contribution is -0.0115. The minimum atomic E-state index is -1.06. The average molecular weight is 345 g/mol. The van der Waals surface area contributed by atoms with Crippen molar-refractivity contribution >= 4 is 11.9 Å². The number of carbonyl (C=O) groups excluding carboxylic acids is 1. The topological polar surface area (TPSA) is 83.4 Å². The summed E-state index contributed by atoms with van der Waals surface area (Å²) in [6, 6.07) is 0. The van der Waals surface area contributed by atoms with Gasteiger partial charge < -0.3 is 24.9 Å². The third kappa shape index (κ3) is 6.35. The summed E-state index contributed by atoms with van der Waals surface area (Å²) in [6.07, 6.45) is 1.47. The number of nitrogens with one attached hydrogen (secondary N) is 1. The molecule has 1 aliphatic heterocycles. The third-order valence-electron chi connectivity index (χ3n) is 3.60. The summed E-state index contributed by atoms with van der Waals surface area (Å²) in [5, 5.41) is 16.9. The van der Waals surface area contributed by atoms with Gasteiger partial charge in [0.25, 0.3) is 0 Å². The highest BCUT2D eigenvalue weighted by Crippen LogP contribution is 2.23. The van der Waals surface area contributed by atoms with Crippen LogP contribution in [0.25, 0.3) is 0 Å². The van der Waals surface area contributed by atoms with E-state index >= 15 is 0 Å². The zero-order valence-electron chi connectivity index (χ0n) is 15.1. The SMILES string of the molecule is C/C=C(F)\C(=N/OC)N1CCC(O)(CNC(=O)OC(C)(C)C)CC1. The van der Waals surface area contributed by atoms with Gasteiger partial charge in [0.05, 0.1) is 5.60 Å². The van der Waals surface area contributed by atoms with Crippen LogP contribution in [0, 0.1) is 0 Å². The maximum Gasteiger partial charge on any atom is 0.407 e. The van der Waals surface area contributed by atoms with Gasteiger partial charge >= 0.3 is 6.09 Å². The number of likely N-dealkylation sites (tertiary alicyclic amines) is 1. The van der Waals surface area contributed by atoms with Crippen LogP contribution in [0.3, 0.4) is 0 Å². The minimum Gasteiger partial charge on any atom is -0.444 e. The number of nitrogens with zero attached hydrogens (tertiary/aromatic N) is 2. The van der Waals surface area contributed by atoms with Crippen molar-refractivity contribution in [3.05, 3.63) is 11.9 Å². The van der Waals surface area contributed by atoms with Gasteiger partial charge in [-0.2, -0.15) is 0 Å². The molecule has 24 heavy (non-hydrogen) atoms. The Morgan fingerprint density at radius 2 is 2.00 bits per heavy atom. The highest BCUT2D eigenvalue weighted by molar-refractivity contribution is 5.95. The van der Waals surface area contributed by atoms with Crippen LogP contribution in [-0.2, 0) is 9.57 Å². The summed E-state index contributed by atoms with van der Waals surface area (Å²) < 4.78 is 19.0. The lowest BCUT2D eigenvalue weighted by Crippen LogP contribution is -2.52. The number of alkyl carbamates (subject to hydrolysis) is 1. The smallest absolute Gasteiger partial charge is 0.407 e. The van der Waals surface area contributed by atoms with Gasteiger partial charge in [0.1, 0.15) is 12.7 Å². The Labute approximate surface area is 142 Å². The third-order valence-corrected chi connectivity index (χ3v) is 3.60. The van der Waals surface area contributed by atoms with Crippen molar-refractivity contribution in [1.29, 1.82) is 0 Å². The molecule has 0 spiro atoms. The maximum absolute atomic E-state index is 13.8. The van der Waals surface area contributed by atoms with Gasteiger partial charge in [0, 0.05) is 19.6 Å². The number of ether oxygens (including phenoxy) is 1. The predicted molar refractivity (Wildman–Crippen MR) is 89.3 cm³/mol. The number of allylic oxidation sites excluding steroid dienone is 1. The molecular weight excluding hydrogens is 317 g/mol. The Hall–Kier alpha value is -1.83. The number of rotatable bonds is 4. The molecule has 1 fully saturated rings. The first-order valence-corrected chi connectivity index (χ1v) is 7.98. The molecule has 2 N–H and O–H groups in total. The number of amides is 1. The molecule has 8 heteroatoms. The lowest BCUT2D eigenvalue weighted by atomic mass is 9.91. The maximum atomic E-state index is 13.8. The summed E-state index contributed by atoms with van der Waals surface area (Å²) in [5.74, 6) is -0.365. The molecule has 0 atom stereocenters. The second-order valence-electron chi connectivity index (χ2n) is 6.80. The van der Waals surface area contributed by atoms with E-state index in [1.54, 1.807) is 32.6 Å². The first-order chi connectivity index (χ1) is 11.1. The molecule has 0 aromatic heterocycles. The average Bonchev–Trinajstić information content (AvgIpc) is 2.50. The van der Waals surface area contributed by atoms with E-state index in [4.69, 9.17) is 4.74 Å². The van der Waals surface area contributed by atoms with Crippen molar-refractivity contribution in [2.45, 2.75) is 51.7 Å². The van der Waals surface area contributed by atoms with Gasteiger partial charge in [-0.15, -0.1) is 0 Å². The highest BCUT2D eigenvalue weighted by atomic mass is 19.1. The molecule has 0 aliphatic carbocycles. The van der Waals surface area contributed by atoms with E-state index < -0.39 is 23.1 Å². The van der Waals surface area contributed by atoms with Crippen LogP contribution in [-0.4, -0.2) is 59.9 Å². The van der Waals surface area contributed by atoms with E-state index in [9.17, 15) is 14.3 Å². The Morgan fingerprint density at radius 1 is 1.42 bits per heavy atom. The molecule has 0 unspecified atom stereocenters. The molecule has 1 heterocycles. The molecule has 7 nitrogen and oxygen atoms in total. The fourth-order valence-corrected chi connectivity index (χ4v) is 2.33. The van der Waals surface area contributed by atoms with Gasteiger partial charge in [0.15, 0.2) is 5.83 Å². The van der Waals surface area contributed by atoms with E-state index in [0.717, 1.165) is 0 Å². The Kier molecular flexibility index (Phi) is 7.01. The largest absolute Gasteiger partial charge is 0.444 e. The minimum absolute atomic E-state index is 0.0820. The number of oxime groups is 1. The van der Waals surface area contributed by atoms with E-state index in [-0.39, 0.29) is 12.4 Å². The number of piperidine rings is 1. The van der Waals surface area contributed by atoms with Gasteiger partial charge in [-0.3, -0.25) is 0 Å². The molecule has 0 bridgehead atoms. The Balaban J connectivity index is 2.57. The number of halogens is 1. The van der Waals surface area contributed by atoms with E-state index in [1.807, 2.05) is 0 Å². The van der Waals surface area contributed by atoms with Gasteiger partial charge in [0.2, 0.25) is 5.84 Å². The van der Waals surface area contributed by atoms with Gasteiger partial charge in [-0.05, 0) is 46.6 Å². The first-order valence-electron chi connectivity index (χ1n) is 7.98. The molecule has 138 valence electrons. The summed E-state index contributed by atoms with van der Waals surface area (Å²) >= 11 is 0. The first kappa shape index (κ1) is 20.2. The Bertz CT molecular complexity index is 492. The molecule has 1 amide bonds. The zero-order chi connectivity index (χ0) is 18.4. The van der Waals surface area contributed by atoms with E-state index in [0.29, 0.717) is 25.9 Å². The zero-order valence-corrected chi connectivity index (χ0v) is 15.1. The van der Waals surface area contributed by atoms with Crippen molar-refractivity contribution in [3.63, 3.8) is 0 Å². The molecular formula is C16H28FN3O4. The number of amidine groups is 1. The summed E-state index contributed by atoms with van der Waals surface area (Å²) in [7, 11) is 1.36. The van der Waals surface area contributed by atoms with Crippen LogP contribution in [0.2, 0.25) is 0 Å². The summed E-state index contributed by atoms with van der Waals surface area (Å²) in [6.45, 7) is 7.76. The number of hydrogen-bond acceptors (Lipinski definition) is 5. The van der Waals surface area contributed by atoms with Gasteiger partial charge in [-0.1, -0.05) is 5.16 Å². The molecule has 1 rings (SSSR count). The van der Waals surface area contributed by atoms with Crippen LogP contribution in [0.1, 0.15) is 40.5 Å². The lowest BCUT2D eigenvalue weighted by Gasteiger charge is -2.39. The van der Waals surface area contributed by atoms with Crippen LogP contribution >= 0.6 is 0 Å². The predicted octanol–water partition coefficient (Wildman–Crippen LogP) is 2.17. The summed E-state index contributed by atoms with van der Waals surface area (Å²) in [5.41, 5.74) is -1.65. The molecule has 0 radical (unpaired) electrons. The fraction of sp³-hybridized carbons (Fsp3) is 0.750.